The number of hydrogen-bond acceptors (Lipinski definition) is 6. The molecule has 1 fully saturated rings. The Balaban J connectivity index is 1.77. The number of ether oxygens (including phenoxy) is 1. The van der Waals surface area contributed by atoms with Crippen molar-refractivity contribution in [1.82, 2.24) is 10.3 Å². The van der Waals surface area contributed by atoms with Crippen molar-refractivity contribution in [2.24, 2.45) is 0 Å². The van der Waals surface area contributed by atoms with Gasteiger partial charge in [-0.2, -0.15) is 0 Å². The average Bonchev–Trinajstić information content (AvgIpc) is 3.12. The first-order valence-corrected chi connectivity index (χ1v) is 9.46. The van der Waals surface area contributed by atoms with Gasteiger partial charge in [-0.15, -0.1) is 23.1 Å². The van der Waals surface area contributed by atoms with Gasteiger partial charge in [0.05, 0.1) is 11.5 Å². The highest BCUT2D eigenvalue weighted by Gasteiger charge is 2.46. The standard InChI is InChI=1S/C17H20N2O3S2/c1-4-22-11-7-5-10(6-8-11)12-9-18-14(23-12)15-19-13(16(20)21)17(2,3)24-15/h5-9,13,15,19H,4H2,1-3H3,(H,20,21). The second kappa shape index (κ2) is 6.74. The van der Waals surface area contributed by atoms with Crippen LogP contribution in [-0.2, 0) is 4.79 Å². The van der Waals surface area contributed by atoms with Gasteiger partial charge < -0.3 is 9.84 Å². The van der Waals surface area contributed by atoms with Crippen molar-refractivity contribution in [2.45, 2.75) is 36.9 Å². The van der Waals surface area contributed by atoms with Crippen LogP contribution >= 0.6 is 23.1 Å². The van der Waals surface area contributed by atoms with Crippen LogP contribution in [0, 0.1) is 0 Å². The number of carboxylic acid groups (broad SMARTS) is 1. The third kappa shape index (κ3) is 3.43. The normalized spacial score (nSPS) is 22.5. The summed E-state index contributed by atoms with van der Waals surface area (Å²) >= 11 is 3.20. The van der Waals surface area contributed by atoms with Gasteiger partial charge in [-0.3, -0.25) is 10.1 Å². The van der Waals surface area contributed by atoms with Crippen molar-refractivity contribution in [3.05, 3.63) is 35.5 Å². The lowest BCUT2D eigenvalue weighted by Crippen LogP contribution is -2.43. The molecular weight excluding hydrogens is 344 g/mol. The largest absolute Gasteiger partial charge is 0.494 e. The fourth-order valence-corrected chi connectivity index (χ4v) is 5.10. The molecule has 0 amide bonds. The second-order valence-electron chi connectivity index (χ2n) is 6.06. The van der Waals surface area contributed by atoms with Crippen LogP contribution in [0.4, 0.5) is 0 Å². The molecule has 2 atom stereocenters. The van der Waals surface area contributed by atoms with Gasteiger partial charge in [0.1, 0.15) is 22.2 Å². The first-order valence-electron chi connectivity index (χ1n) is 7.76. The van der Waals surface area contributed by atoms with Gasteiger partial charge in [-0.25, -0.2) is 4.98 Å². The Morgan fingerprint density at radius 3 is 2.67 bits per heavy atom. The maximum atomic E-state index is 11.4. The minimum absolute atomic E-state index is 0.0949. The van der Waals surface area contributed by atoms with Crippen LogP contribution in [0.15, 0.2) is 30.5 Å². The Kier molecular flexibility index (Phi) is 4.85. The van der Waals surface area contributed by atoms with E-state index in [1.165, 1.54) is 0 Å². The molecule has 0 spiro atoms. The Bertz CT molecular complexity index is 728. The average molecular weight is 364 g/mol. The molecule has 2 heterocycles. The highest BCUT2D eigenvalue weighted by Crippen LogP contribution is 2.47. The van der Waals surface area contributed by atoms with E-state index in [9.17, 15) is 9.90 Å². The van der Waals surface area contributed by atoms with Crippen LogP contribution in [0.5, 0.6) is 5.75 Å². The van der Waals surface area contributed by atoms with Crippen molar-refractivity contribution in [1.29, 1.82) is 0 Å². The summed E-state index contributed by atoms with van der Waals surface area (Å²) in [7, 11) is 0. The number of benzene rings is 1. The Morgan fingerprint density at radius 2 is 2.08 bits per heavy atom. The maximum absolute atomic E-state index is 11.4. The number of thioether (sulfide) groups is 1. The SMILES string of the molecule is CCOc1ccc(-c2cnc(C3NC(C(=O)O)C(C)(C)S3)s2)cc1. The van der Waals surface area contributed by atoms with E-state index in [0.717, 1.165) is 21.2 Å². The van der Waals surface area contributed by atoms with Gasteiger partial charge >= 0.3 is 5.97 Å². The predicted octanol–water partition coefficient (Wildman–Crippen LogP) is 3.78. The summed E-state index contributed by atoms with van der Waals surface area (Å²) in [5.74, 6) is 0.0309. The van der Waals surface area contributed by atoms with E-state index in [1.807, 2.05) is 51.2 Å². The number of carboxylic acids is 1. The number of aliphatic carboxylic acids is 1. The van der Waals surface area contributed by atoms with Crippen LogP contribution in [0.3, 0.4) is 0 Å². The summed E-state index contributed by atoms with van der Waals surface area (Å²) < 4.78 is 5.09. The summed E-state index contributed by atoms with van der Waals surface area (Å²) in [6, 6.07) is 7.35. The number of carbonyl (C=O) groups is 1. The molecule has 0 aliphatic carbocycles. The second-order valence-corrected chi connectivity index (χ2v) is 8.88. The summed E-state index contributed by atoms with van der Waals surface area (Å²) in [4.78, 5) is 17.0. The fraction of sp³-hybridized carbons (Fsp3) is 0.412. The van der Waals surface area contributed by atoms with Crippen molar-refractivity contribution in [3.8, 4) is 16.2 Å². The van der Waals surface area contributed by atoms with Gasteiger partial charge in [0.15, 0.2) is 0 Å². The summed E-state index contributed by atoms with van der Waals surface area (Å²) in [6.45, 7) is 6.51. The van der Waals surface area contributed by atoms with Crippen LogP contribution in [0.25, 0.3) is 10.4 Å². The minimum atomic E-state index is -0.821. The van der Waals surface area contributed by atoms with Gasteiger partial charge in [0, 0.05) is 10.9 Å². The number of nitrogens with one attached hydrogen (secondary N) is 1. The Morgan fingerprint density at radius 1 is 1.38 bits per heavy atom. The van der Waals surface area contributed by atoms with Gasteiger partial charge in [-0.1, -0.05) is 0 Å². The zero-order chi connectivity index (χ0) is 17.3. The van der Waals surface area contributed by atoms with Crippen molar-refractivity contribution in [3.63, 3.8) is 0 Å². The maximum Gasteiger partial charge on any atom is 0.322 e. The fourth-order valence-electron chi connectivity index (χ4n) is 2.67. The molecule has 1 saturated heterocycles. The number of hydrogen-bond donors (Lipinski definition) is 2. The molecule has 5 nitrogen and oxygen atoms in total. The third-order valence-electron chi connectivity index (χ3n) is 3.88. The molecule has 24 heavy (non-hydrogen) atoms. The topological polar surface area (TPSA) is 71.5 Å². The van der Waals surface area contributed by atoms with E-state index in [4.69, 9.17) is 4.74 Å². The highest BCUT2D eigenvalue weighted by atomic mass is 32.2. The quantitative estimate of drug-likeness (QED) is 0.841. The number of thiazole rings is 1. The molecule has 2 N–H and O–H groups in total. The third-order valence-corrected chi connectivity index (χ3v) is 6.58. The molecule has 0 radical (unpaired) electrons. The first kappa shape index (κ1) is 17.3. The van der Waals surface area contributed by atoms with E-state index in [0.29, 0.717) is 6.61 Å². The molecule has 2 aromatic rings. The molecular formula is C17H20N2O3S2. The molecule has 1 aliphatic heterocycles. The monoisotopic (exact) mass is 364 g/mol. The summed E-state index contributed by atoms with van der Waals surface area (Å²) in [5.41, 5.74) is 1.08. The molecule has 0 saturated carbocycles. The van der Waals surface area contributed by atoms with Crippen LogP contribution < -0.4 is 10.1 Å². The van der Waals surface area contributed by atoms with Crippen LogP contribution in [0.2, 0.25) is 0 Å². The van der Waals surface area contributed by atoms with Gasteiger partial charge in [0.25, 0.3) is 0 Å². The van der Waals surface area contributed by atoms with Gasteiger partial charge in [0.2, 0.25) is 0 Å². The molecule has 0 bridgehead atoms. The molecule has 1 aromatic carbocycles. The molecule has 1 aliphatic rings. The number of rotatable bonds is 5. The van der Waals surface area contributed by atoms with Crippen LogP contribution in [0.1, 0.15) is 31.2 Å². The minimum Gasteiger partial charge on any atom is -0.494 e. The zero-order valence-corrected chi connectivity index (χ0v) is 15.4. The zero-order valence-electron chi connectivity index (χ0n) is 13.8. The summed E-state index contributed by atoms with van der Waals surface area (Å²) in [5, 5.41) is 13.3. The molecule has 2 unspecified atom stereocenters. The lowest BCUT2D eigenvalue weighted by Gasteiger charge is -2.20. The number of aromatic nitrogens is 1. The first-order chi connectivity index (χ1) is 11.4. The van der Waals surface area contributed by atoms with E-state index in [1.54, 1.807) is 23.1 Å². The Hall–Kier alpha value is -1.57. The predicted molar refractivity (Wildman–Crippen MR) is 97.7 cm³/mol. The van der Waals surface area contributed by atoms with E-state index < -0.39 is 12.0 Å². The van der Waals surface area contributed by atoms with Crippen molar-refractivity contribution in [2.75, 3.05) is 6.61 Å². The van der Waals surface area contributed by atoms with E-state index in [-0.39, 0.29) is 10.1 Å². The van der Waals surface area contributed by atoms with Crippen molar-refractivity contribution < 1.29 is 14.6 Å². The summed E-state index contributed by atoms with van der Waals surface area (Å²) in [6.07, 6.45) is 1.85. The van der Waals surface area contributed by atoms with Crippen molar-refractivity contribution >= 4 is 29.1 Å². The lowest BCUT2D eigenvalue weighted by molar-refractivity contribution is -0.139. The molecule has 128 valence electrons. The molecule has 1 aromatic heterocycles. The smallest absolute Gasteiger partial charge is 0.322 e. The number of nitrogens with zero attached hydrogens (tertiary/aromatic N) is 1. The van der Waals surface area contributed by atoms with Crippen LogP contribution in [-0.4, -0.2) is 33.5 Å². The Labute approximate surface area is 149 Å². The molecule has 3 rings (SSSR count). The molecule has 7 heteroatoms. The highest BCUT2D eigenvalue weighted by molar-refractivity contribution is 8.01. The van der Waals surface area contributed by atoms with E-state index in [2.05, 4.69) is 10.3 Å². The van der Waals surface area contributed by atoms with Gasteiger partial charge in [-0.05, 0) is 50.6 Å². The lowest BCUT2D eigenvalue weighted by atomic mass is 10.0. The van der Waals surface area contributed by atoms with E-state index >= 15 is 0 Å².